The van der Waals surface area contributed by atoms with Crippen LogP contribution in [0.15, 0.2) is 29.3 Å². The smallest absolute Gasteiger partial charge is 0.188 e. The van der Waals surface area contributed by atoms with Gasteiger partial charge >= 0.3 is 0 Å². The lowest BCUT2D eigenvalue weighted by Crippen LogP contribution is -2.32. The second-order valence-corrected chi connectivity index (χ2v) is 6.56. The van der Waals surface area contributed by atoms with Crippen LogP contribution < -0.4 is 16.8 Å². The van der Waals surface area contributed by atoms with Crippen molar-refractivity contribution in [3.8, 4) is 11.8 Å². The monoisotopic (exact) mass is 385 g/mol. The van der Waals surface area contributed by atoms with Crippen LogP contribution in [0.5, 0.6) is 0 Å². The van der Waals surface area contributed by atoms with Crippen molar-refractivity contribution in [3.63, 3.8) is 0 Å². The first-order valence-electron chi connectivity index (χ1n) is 9.64. The van der Waals surface area contributed by atoms with Crippen molar-refractivity contribution >= 4 is 11.8 Å². The van der Waals surface area contributed by atoms with Gasteiger partial charge in [0.2, 0.25) is 0 Å². The quantitative estimate of drug-likeness (QED) is 0.330. The molecule has 5 N–H and O–H groups in total. The van der Waals surface area contributed by atoms with Gasteiger partial charge in [-0.2, -0.15) is 10.4 Å². The van der Waals surface area contributed by atoms with Gasteiger partial charge in [-0.1, -0.05) is 26.2 Å². The predicted octanol–water partition coefficient (Wildman–Crippen LogP) is 2.88. The highest BCUT2D eigenvalue weighted by molar-refractivity contribution is 5.77. The molecule has 1 aromatic carbocycles. The number of unbranched alkanes of at least 4 members (excludes halogenated alkanes) is 3. The summed E-state index contributed by atoms with van der Waals surface area (Å²) < 4.78 is 14.6. The number of hydrogen-bond acceptors (Lipinski definition) is 4. The number of nitriles is 1. The molecule has 8 heteroatoms. The summed E-state index contributed by atoms with van der Waals surface area (Å²) in [7, 11) is 0. The molecule has 0 aliphatic rings. The summed E-state index contributed by atoms with van der Waals surface area (Å²) in [5, 5.41) is 16.9. The number of aryl methyl sites for hydroxylation is 1. The predicted molar refractivity (Wildman–Crippen MR) is 110 cm³/mol. The number of nitrogens with one attached hydrogen (secondary N) is 1. The van der Waals surface area contributed by atoms with E-state index in [0.29, 0.717) is 42.3 Å². The third kappa shape index (κ3) is 5.98. The van der Waals surface area contributed by atoms with Crippen LogP contribution in [0.1, 0.15) is 50.3 Å². The van der Waals surface area contributed by atoms with Crippen molar-refractivity contribution in [2.24, 2.45) is 10.7 Å². The van der Waals surface area contributed by atoms with Gasteiger partial charge in [0.05, 0.1) is 11.4 Å². The second-order valence-electron chi connectivity index (χ2n) is 6.56. The van der Waals surface area contributed by atoms with E-state index in [1.54, 1.807) is 12.1 Å². The van der Waals surface area contributed by atoms with Gasteiger partial charge in [0.1, 0.15) is 23.3 Å². The zero-order chi connectivity index (χ0) is 20.4. The number of nitrogens with zero attached hydrogens (tertiary/aromatic N) is 4. The summed E-state index contributed by atoms with van der Waals surface area (Å²) in [6.45, 7) is 3.53. The Kier molecular flexibility index (Phi) is 8.28. The Bertz CT molecular complexity index is 818. The molecule has 0 atom stereocenters. The Morgan fingerprint density at radius 3 is 2.68 bits per heavy atom. The molecule has 0 saturated heterocycles. The van der Waals surface area contributed by atoms with Gasteiger partial charge in [-0.15, -0.1) is 0 Å². The largest absolute Gasteiger partial charge is 0.382 e. The summed E-state index contributed by atoms with van der Waals surface area (Å²) in [5.74, 6) is 0.346. The first-order valence-corrected chi connectivity index (χ1v) is 9.64. The molecule has 0 radical (unpaired) electrons. The van der Waals surface area contributed by atoms with E-state index < -0.39 is 0 Å². The number of guanidine groups is 1. The van der Waals surface area contributed by atoms with Crippen molar-refractivity contribution in [3.05, 3.63) is 41.3 Å². The number of halogens is 1. The minimum atomic E-state index is -0.343. The number of nitrogens with two attached hydrogens (primary N) is 2. The van der Waals surface area contributed by atoms with Gasteiger partial charge < -0.3 is 16.8 Å². The van der Waals surface area contributed by atoms with Crippen LogP contribution in [0.4, 0.5) is 10.2 Å². The van der Waals surface area contributed by atoms with Crippen LogP contribution in [0.25, 0.3) is 5.69 Å². The molecular weight excluding hydrogens is 357 g/mol. The Labute approximate surface area is 165 Å². The van der Waals surface area contributed by atoms with Crippen LogP contribution in [-0.4, -0.2) is 28.8 Å². The standard InChI is InChI=1S/C20H28FN7/c1-2-3-4-5-12-25-20(24)26-13-6-7-18-17(14-22)19(23)28(27-18)16-10-8-15(21)9-11-16/h8-11H,2-7,12-13,23H2,1H3,(H3,24,25,26). The Balaban J connectivity index is 1.90. The van der Waals surface area contributed by atoms with Crippen molar-refractivity contribution < 1.29 is 4.39 Å². The topological polar surface area (TPSA) is 118 Å². The molecule has 1 aromatic heterocycles. The van der Waals surface area contributed by atoms with E-state index in [1.165, 1.54) is 36.1 Å². The minimum Gasteiger partial charge on any atom is -0.382 e. The van der Waals surface area contributed by atoms with E-state index in [0.717, 1.165) is 13.0 Å². The highest BCUT2D eigenvalue weighted by Gasteiger charge is 2.16. The summed E-state index contributed by atoms with van der Waals surface area (Å²) >= 11 is 0. The normalized spacial score (nSPS) is 11.4. The highest BCUT2D eigenvalue weighted by atomic mass is 19.1. The maximum atomic E-state index is 13.1. The zero-order valence-corrected chi connectivity index (χ0v) is 16.3. The molecule has 1 heterocycles. The lowest BCUT2D eigenvalue weighted by molar-refractivity contribution is 0.627. The van der Waals surface area contributed by atoms with E-state index in [-0.39, 0.29) is 11.6 Å². The Hall–Kier alpha value is -3.08. The maximum Gasteiger partial charge on any atom is 0.188 e. The number of aromatic nitrogens is 2. The van der Waals surface area contributed by atoms with E-state index in [4.69, 9.17) is 11.5 Å². The molecule has 0 bridgehead atoms. The van der Waals surface area contributed by atoms with Crippen molar-refractivity contribution in [2.45, 2.75) is 45.4 Å². The second kappa shape index (κ2) is 10.9. The fourth-order valence-electron chi connectivity index (χ4n) is 2.82. The molecule has 0 saturated carbocycles. The number of rotatable bonds is 10. The van der Waals surface area contributed by atoms with Crippen molar-refractivity contribution in [1.29, 1.82) is 5.26 Å². The molecule has 0 fully saturated rings. The van der Waals surface area contributed by atoms with Gasteiger partial charge in [-0.05, 0) is 43.5 Å². The summed E-state index contributed by atoms with van der Waals surface area (Å²) in [4.78, 5) is 4.30. The van der Waals surface area contributed by atoms with Crippen LogP contribution in [0, 0.1) is 17.1 Å². The number of anilines is 1. The first kappa shape index (κ1) is 21.2. The van der Waals surface area contributed by atoms with Crippen LogP contribution in [-0.2, 0) is 6.42 Å². The fourth-order valence-corrected chi connectivity index (χ4v) is 2.82. The highest BCUT2D eigenvalue weighted by Crippen LogP contribution is 2.21. The number of hydrogen-bond donors (Lipinski definition) is 3. The molecular formula is C20H28FN7. The Morgan fingerprint density at radius 1 is 1.25 bits per heavy atom. The van der Waals surface area contributed by atoms with E-state index in [1.807, 2.05) is 0 Å². The van der Waals surface area contributed by atoms with Crippen LogP contribution in [0.2, 0.25) is 0 Å². The molecule has 150 valence electrons. The van der Waals surface area contributed by atoms with Crippen LogP contribution in [0.3, 0.4) is 0 Å². The molecule has 2 aromatic rings. The van der Waals surface area contributed by atoms with Crippen LogP contribution >= 0.6 is 0 Å². The molecule has 0 spiro atoms. The van der Waals surface area contributed by atoms with E-state index in [2.05, 4.69) is 28.4 Å². The van der Waals surface area contributed by atoms with E-state index in [9.17, 15) is 9.65 Å². The van der Waals surface area contributed by atoms with Crippen molar-refractivity contribution in [2.75, 3.05) is 18.8 Å². The number of nitrogen functional groups attached to an aromatic ring is 1. The van der Waals surface area contributed by atoms with Crippen molar-refractivity contribution in [1.82, 2.24) is 15.1 Å². The molecule has 7 nitrogen and oxygen atoms in total. The lowest BCUT2D eigenvalue weighted by Gasteiger charge is -2.05. The fraction of sp³-hybridized carbons (Fsp3) is 0.450. The number of benzene rings is 1. The average molecular weight is 385 g/mol. The van der Waals surface area contributed by atoms with Gasteiger partial charge in [0.25, 0.3) is 0 Å². The van der Waals surface area contributed by atoms with Gasteiger partial charge in [0, 0.05) is 13.1 Å². The summed E-state index contributed by atoms with van der Waals surface area (Å²) in [6.07, 6.45) is 5.94. The van der Waals surface area contributed by atoms with E-state index >= 15 is 0 Å². The summed E-state index contributed by atoms with van der Waals surface area (Å²) in [6, 6.07) is 7.90. The van der Waals surface area contributed by atoms with Gasteiger partial charge in [-0.25, -0.2) is 9.07 Å². The Morgan fingerprint density at radius 2 is 2.00 bits per heavy atom. The zero-order valence-electron chi connectivity index (χ0n) is 16.3. The molecule has 0 unspecified atom stereocenters. The van der Waals surface area contributed by atoms with Gasteiger partial charge in [-0.3, -0.25) is 4.99 Å². The third-order valence-corrected chi connectivity index (χ3v) is 4.37. The number of aliphatic imine (C=N–C) groups is 1. The average Bonchev–Trinajstić information content (AvgIpc) is 3.01. The molecule has 0 amide bonds. The SMILES string of the molecule is CCCCCCNC(N)=NCCCc1nn(-c2ccc(F)cc2)c(N)c1C#N. The first-order chi connectivity index (χ1) is 13.6. The third-order valence-electron chi connectivity index (χ3n) is 4.37. The maximum absolute atomic E-state index is 13.1. The van der Waals surface area contributed by atoms with Gasteiger partial charge in [0.15, 0.2) is 5.96 Å². The molecule has 28 heavy (non-hydrogen) atoms. The molecule has 2 rings (SSSR count). The summed E-state index contributed by atoms with van der Waals surface area (Å²) in [5.41, 5.74) is 13.5. The minimum absolute atomic E-state index is 0.251. The lowest BCUT2D eigenvalue weighted by atomic mass is 10.1. The molecule has 0 aliphatic carbocycles. The molecule has 0 aliphatic heterocycles.